The minimum Gasteiger partial charge on any atom is -0.465 e. The number of esters is 1. The van der Waals surface area contributed by atoms with Crippen LogP contribution in [0.4, 0.5) is 5.69 Å². The topological polar surface area (TPSA) is 55.8 Å². The SMILES string of the molecule is CCOC(=O)CN1C(=O)/C(=C/c2ccccc2Br)Oc2ccccc21. The number of carbonyl (C=O) groups is 2. The molecule has 5 nitrogen and oxygen atoms in total. The van der Waals surface area contributed by atoms with Crippen LogP contribution < -0.4 is 9.64 Å². The van der Waals surface area contributed by atoms with Crippen LogP contribution in [0.5, 0.6) is 5.75 Å². The summed E-state index contributed by atoms with van der Waals surface area (Å²) in [4.78, 5) is 26.1. The Labute approximate surface area is 154 Å². The smallest absolute Gasteiger partial charge is 0.326 e. The number of halogens is 1. The van der Waals surface area contributed by atoms with Gasteiger partial charge in [-0.3, -0.25) is 14.5 Å². The Morgan fingerprint density at radius 1 is 1.20 bits per heavy atom. The minimum absolute atomic E-state index is 0.148. The van der Waals surface area contributed by atoms with E-state index in [0.29, 0.717) is 11.4 Å². The van der Waals surface area contributed by atoms with Gasteiger partial charge in [0.1, 0.15) is 6.54 Å². The molecule has 1 heterocycles. The maximum Gasteiger partial charge on any atom is 0.326 e. The molecule has 0 fully saturated rings. The third kappa shape index (κ3) is 3.74. The van der Waals surface area contributed by atoms with Crippen LogP contribution in [0, 0.1) is 0 Å². The Morgan fingerprint density at radius 3 is 2.68 bits per heavy atom. The number of benzene rings is 2. The van der Waals surface area contributed by atoms with Crippen molar-refractivity contribution >= 4 is 39.6 Å². The first-order valence-corrected chi connectivity index (χ1v) is 8.60. The average molecular weight is 402 g/mol. The van der Waals surface area contributed by atoms with Crippen molar-refractivity contribution in [3.63, 3.8) is 0 Å². The van der Waals surface area contributed by atoms with E-state index in [9.17, 15) is 9.59 Å². The first-order chi connectivity index (χ1) is 12.1. The van der Waals surface area contributed by atoms with Gasteiger partial charge in [0.2, 0.25) is 0 Å². The molecule has 0 atom stereocenters. The highest BCUT2D eigenvalue weighted by molar-refractivity contribution is 9.10. The summed E-state index contributed by atoms with van der Waals surface area (Å²) in [5.41, 5.74) is 1.35. The standard InChI is InChI=1S/C19H16BrNO4/c1-2-24-18(22)12-21-15-9-5-6-10-16(15)25-17(19(21)23)11-13-7-3-4-8-14(13)20/h3-11H,2,12H2,1H3/b17-11-. The molecular weight excluding hydrogens is 386 g/mol. The molecule has 1 aliphatic heterocycles. The highest BCUT2D eigenvalue weighted by atomic mass is 79.9. The first kappa shape index (κ1) is 17.2. The van der Waals surface area contributed by atoms with E-state index in [0.717, 1.165) is 10.0 Å². The number of hydrogen-bond donors (Lipinski definition) is 0. The summed E-state index contributed by atoms with van der Waals surface area (Å²) in [7, 11) is 0. The summed E-state index contributed by atoms with van der Waals surface area (Å²) in [6.07, 6.45) is 1.65. The number of amides is 1. The normalized spacial score (nSPS) is 14.9. The molecule has 3 rings (SSSR count). The number of ether oxygens (including phenoxy) is 2. The molecule has 0 unspecified atom stereocenters. The summed E-state index contributed by atoms with van der Waals surface area (Å²) >= 11 is 3.45. The third-order valence-electron chi connectivity index (χ3n) is 3.62. The van der Waals surface area contributed by atoms with Crippen molar-refractivity contribution < 1.29 is 19.1 Å². The van der Waals surface area contributed by atoms with Gasteiger partial charge < -0.3 is 9.47 Å². The van der Waals surface area contributed by atoms with Crippen LogP contribution in [0.25, 0.3) is 6.08 Å². The monoisotopic (exact) mass is 401 g/mol. The molecule has 0 saturated carbocycles. The molecule has 128 valence electrons. The molecule has 1 aliphatic rings. The number of hydrogen-bond acceptors (Lipinski definition) is 4. The van der Waals surface area contributed by atoms with Crippen molar-refractivity contribution in [3.8, 4) is 5.75 Å². The third-order valence-corrected chi connectivity index (χ3v) is 4.34. The highest BCUT2D eigenvalue weighted by Crippen LogP contribution is 2.35. The van der Waals surface area contributed by atoms with Crippen LogP contribution in [0.3, 0.4) is 0 Å². The van der Waals surface area contributed by atoms with Gasteiger partial charge in [0, 0.05) is 4.47 Å². The van der Waals surface area contributed by atoms with Crippen LogP contribution in [0.1, 0.15) is 12.5 Å². The number of fused-ring (bicyclic) bond motifs is 1. The summed E-state index contributed by atoms with van der Waals surface area (Å²) < 4.78 is 11.6. The van der Waals surface area contributed by atoms with Gasteiger partial charge in [-0.2, -0.15) is 0 Å². The molecule has 2 aromatic rings. The largest absolute Gasteiger partial charge is 0.465 e. The second kappa shape index (κ2) is 7.53. The van der Waals surface area contributed by atoms with Crippen LogP contribution >= 0.6 is 15.9 Å². The molecule has 0 aromatic heterocycles. The molecule has 0 N–H and O–H groups in total. The molecular formula is C19H16BrNO4. The Bertz CT molecular complexity index is 847. The van der Waals surface area contributed by atoms with Crippen LogP contribution in [0.15, 0.2) is 58.8 Å². The van der Waals surface area contributed by atoms with E-state index in [1.54, 1.807) is 31.2 Å². The van der Waals surface area contributed by atoms with E-state index in [1.807, 2.05) is 30.3 Å². The molecule has 25 heavy (non-hydrogen) atoms. The molecule has 1 amide bonds. The van der Waals surface area contributed by atoms with Crippen molar-refractivity contribution in [2.75, 3.05) is 18.1 Å². The zero-order valence-electron chi connectivity index (χ0n) is 13.6. The summed E-state index contributed by atoms with van der Waals surface area (Å²) in [6, 6.07) is 14.6. The van der Waals surface area contributed by atoms with E-state index in [4.69, 9.17) is 9.47 Å². The molecule has 0 saturated heterocycles. The predicted molar refractivity (Wildman–Crippen MR) is 98.2 cm³/mol. The van der Waals surface area contributed by atoms with Crippen LogP contribution in [0.2, 0.25) is 0 Å². The Balaban J connectivity index is 1.99. The van der Waals surface area contributed by atoms with Gasteiger partial charge in [-0.15, -0.1) is 0 Å². The van der Waals surface area contributed by atoms with Crippen LogP contribution in [-0.2, 0) is 14.3 Å². The van der Waals surface area contributed by atoms with E-state index in [1.165, 1.54) is 4.90 Å². The van der Waals surface area contributed by atoms with E-state index in [-0.39, 0.29) is 24.8 Å². The number of nitrogens with zero attached hydrogens (tertiary/aromatic N) is 1. The molecule has 0 spiro atoms. The lowest BCUT2D eigenvalue weighted by Gasteiger charge is -2.29. The zero-order valence-corrected chi connectivity index (χ0v) is 15.2. The van der Waals surface area contributed by atoms with Gasteiger partial charge in [-0.05, 0) is 36.8 Å². The number of para-hydroxylation sites is 2. The lowest BCUT2D eigenvalue weighted by atomic mass is 10.1. The van der Waals surface area contributed by atoms with E-state index < -0.39 is 5.97 Å². The maximum atomic E-state index is 12.9. The lowest BCUT2D eigenvalue weighted by Crippen LogP contribution is -2.41. The fourth-order valence-corrected chi connectivity index (χ4v) is 2.89. The summed E-state index contributed by atoms with van der Waals surface area (Å²) in [5, 5.41) is 0. The van der Waals surface area contributed by atoms with Crippen molar-refractivity contribution in [3.05, 3.63) is 64.3 Å². The van der Waals surface area contributed by atoms with Gasteiger partial charge >= 0.3 is 5.97 Å². The number of rotatable bonds is 4. The highest BCUT2D eigenvalue weighted by Gasteiger charge is 2.32. The predicted octanol–water partition coefficient (Wildman–Crippen LogP) is 3.78. The van der Waals surface area contributed by atoms with Gasteiger partial charge in [0.15, 0.2) is 11.5 Å². The zero-order chi connectivity index (χ0) is 17.8. The maximum absolute atomic E-state index is 12.9. The fraction of sp³-hybridized carbons (Fsp3) is 0.158. The van der Waals surface area contributed by atoms with Crippen molar-refractivity contribution in [1.29, 1.82) is 0 Å². The number of carbonyl (C=O) groups excluding carboxylic acids is 2. The Morgan fingerprint density at radius 2 is 1.92 bits per heavy atom. The molecule has 2 aromatic carbocycles. The summed E-state index contributed by atoms with van der Waals surface area (Å²) in [5.74, 6) is -0.185. The van der Waals surface area contributed by atoms with E-state index >= 15 is 0 Å². The van der Waals surface area contributed by atoms with Gasteiger partial charge in [-0.1, -0.05) is 46.3 Å². The average Bonchev–Trinajstić information content (AvgIpc) is 2.60. The Kier molecular flexibility index (Phi) is 5.19. The lowest BCUT2D eigenvalue weighted by molar-refractivity contribution is -0.142. The Hall–Kier alpha value is -2.60. The second-order valence-corrected chi connectivity index (χ2v) is 6.15. The molecule has 6 heteroatoms. The molecule has 0 bridgehead atoms. The minimum atomic E-state index is -0.465. The molecule has 0 aliphatic carbocycles. The van der Waals surface area contributed by atoms with Gasteiger partial charge in [0.25, 0.3) is 5.91 Å². The first-order valence-electron chi connectivity index (χ1n) is 7.80. The summed E-state index contributed by atoms with van der Waals surface area (Å²) in [6.45, 7) is 1.82. The second-order valence-electron chi connectivity index (χ2n) is 5.30. The van der Waals surface area contributed by atoms with E-state index in [2.05, 4.69) is 15.9 Å². The van der Waals surface area contributed by atoms with Crippen molar-refractivity contribution in [2.24, 2.45) is 0 Å². The van der Waals surface area contributed by atoms with Gasteiger partial charge in [-0.25, -0.2) is 0 Å². The fourth-order valence-electron chi connectivity index (χ4n) is 2.49. The van der Waals surface area contributed by atoms with Crippen molar-refractivity contribution in [2.45, 2.75) is 6.92 Å². The van der Waals surface area contributed by atoms with Crippen molar-refractivity contribution in [1.82, 2.24) is 0 Å². The number of anilines is 1. The van der Waals surface area contributed by atoms with Gasteiger partial charge in [0.05, 0.1) is 12.3 Å². The molecule has 0 radical (unpaired) electrons. The van der Waals surface area contributed by atoms with Crippen LogP contribution in [-0.4, -0.2) is 25.0 Å². The quantitative estimate of drug-likeness (QED) is 0.577.